The van der Waals surface area contributed by atoms with Gasteiger partial charge in [-0.25, -0.2) is 4.79 Å². The Bertz CT molecular complexity index is 638. The van der Waals surface area contributed by atoms with Gasteiger partial charge in [0, 0.05) is 5.02 Å². The van der Waals surface area contributed by atoms with Gasteiger partial charge in [-0.05, 0) is 30.7 Å². The monoisotopic (exact) mass is 306 g/mol. The molecule has 0 aliphatic carbocycles. The summed E-state index contributed by atoms with van der Waals surface area (Å²) in [6.45, 7) is 1.52. The zero-order chi connectivity index (χ0) is 15.5. The van der Waals surface area contributed by atoms with Gasteiger partial charge in [0.15, 0.2) is 0 Å². The fourth-order valence-corrected chi connectivity index (χ4v) is 2.05. The van der Waals surface area contributed by atoms with Gasteiger partial charge >= 0.3 is 5.97 Å². The van der Waals surface area contributed by atoms with Crippen molar-refractivity contribution in [2.45, 2.75) is 12.5 Å². The Kier molecular flexibility index (Phi) is 4.50. The maximum atomic E-state index is 11.1. The quantitative estimate of drug-likeness (QED) is 0.889. The van der Waals surface area contributed by atoms with Gasteiger partial charge in [-0.3, -0.25) is 0 Å². The van der Waals surface area contributed by atoms with E-state index in [0.717, 1.165) is 0 Å². The van der Waals surface area contributed by atoms with Crippen LogP contribution in [0.3, 0.4) is 0 Å². The molecule has 2 aromatic rings. The SMILES string of the molecule is CC(O)(COc1cc(Cl)ccc1C(=O)O)c1ccccc1. The summed E-state index contributed by atoms with van der Waals surface area (Å²) in [5.41, 5.74) is -0.550. The lowest BCUT2D eigenvalue weighted by Gasteiger charge is -2.24. The van der Waals surface area contributed by atoms with Crippen LogP contribution in [0.4, 0.5) is 0 Å². The molecule has 0 aliphatic heterocycles. The Morgan fingerprint density at radius 1 is 1.24 bits per heavy atom. The summed E-state index contributed by atoms with van der Waals surface area (Å²) in [6, 6.07) is 13.3. The lowest BCUT2D eigenvalue weighted by atomic mass is 9.97. The van der Waals surface area contributed by atoms with Crippen molar-refractivity contribution in [3.05, 3.63) is 64.7 Å². The van der Waals surface area contributed by atoms with Crippen LogP contribution in [0.15, 0.2) is 48.5 Å². The zero-order valence-electron chi connectivity index (χ0n) is 11.4. The molecule has 2 rings (SSSR count). The van der Waals surface area contributed by atoms with Crippen LogP contribution in [-0.4, -0.2) is 22.8 Å². The summed E-state index contributed by atoms with van der Waals surface area (Å²) in [5.74, 6) is -0.979. The predicted molar refractivity (Wildman–Crippen MR) is 79.9 cm³/mol. The number of aliphatic hydroxyl groups is 1. The number of rotatable bonds is 5. The molecule has 0 spiro atoms. The first-order valence-corrected chi connectivity index (χ1v) is 6.71. The smallest absolute Gasteiger partial charge is 0.339 e. The first-order chi connectivity index (χ1) is 9.90. The highest BCUT2D eigenvalue weighted by Crippen LogP contribution is 2.27. The molecule has 0 aromatic heterocycles. The topological polar surface area (TPSA) is 66.8 Å². The molecule has 21 heavy (non-hydrogen) atoms. The Balaban J connectivity index is 2.20. The molecule has 2 N–H and O–H groups in total. The molecule has 0 amide bonds. The standard InChI is InChI=1S/C16H15ClO4/c1-16(20,11-5-3-2-4-6-11)10-21-14-9-12(17)7-8-13(14)15(18)19/h2-9,20H,10H2,1H3,(H,18,19). The molecule has 0 aliphatic rings. The van der Waals surface area contributed by atoms with Gasteiger partial charge in [0.1, 0.15) is 23.5 Å². The van der Waals surface area contributed by atoms with Gasteiger partial charge in [0.2, 0.25) is 0 Å². The van der Waals surface area contributed by atoms with Gasteiger partial charge < -0.3 is 14.9 Å². The van der Waals surface area contributed by atoms with Crippen LogP contribution < -0.4 is 4.74 Å². The number of carboxylic acids is 1. The van der Waals surface area contributed by atoms with Crippen molar-refractivity contribution < 1.29 is 19.7 Å². The van der Waals surface area contributed by atoms with Crippen molar-refractivity contribution in [3.8, 4) is 5.75 Å². The lowest BCUT2D eigenvalue weighted by Crippen LogP contribution is -2.29. The van der Waals surface area contributed by atoms with Crippen molar-refractivity contribution in [1.82, 2.24) is 0 Å². The molecule has 4 nitrogen and oxygen atoms in total. The normalized spacial score (nSPS) is 13.5. The van der Waals surface area contributed by atoms with Crippen LogP contribution in [0.2, 0.25) is 5.02 Å². The largest absolute Gasteiger partial charge is 0.489 e. The van der Waals surface area contributed by atoms with Gasteiger partial charge in [0.05, 0.1) is 0 Å². The molecule has 5 heteroatoms. The number of carboxylic acid groups (broad SMARTS) is 1. The number of aromatic carboxylic acids is 1. The van der Waals surface area contributed by atoms with Crippen LogP contribution in [0.25, 0.3) is 0 Å². The molecule has 0 saturated heterocycles. The van der Waals surface area contributed by atoms with Crippen LogP contribution in [0, 0.1) is 0 Å². The molecular weight excluding hydrogens is 292 g/mol. The van der Waals surface area contributed by atoms with E-state index in [0.29, 0.717) is 10.6 Å². The number of hydrogen-bond donors (Lipinski definition) is 2. The number of halogens is 1. The fraction of sp³-hybridized carbons (Fsp3) is 0.188. The van der Waals surface area contributed by atoms with E-state index >= 15 is 0 Å². The second-order valence-corrected chi connectivity index (χ2v) is 5.31. The molecule has 0 bridgehead atoms. The predicted octanol–water partition coefficient (Wildman–Crippen LogP) is 3.32. The molecule has 110 valence electrons. The molecule has 0 saturated carbocycles. The van der Waals surface area contributed by atoms with Crippen molar-refractivity contribution in [3.63, 3.8) is 0 Å². The van der Waals surface area contributed by atoms with Crippen LogP contribution in [0.1, 0.15) is 22.8 Å². The van der Waals surface area contributed by atoms with Crippen LogP contribution in [-0.2, 0) is 5.60 Å². The number of carbonyl (C=O) groups is 1. The number of ether oxygens (including phenoxy) is 1. The van der Waals surface area contributed by atoms with Crippen molar-refractivity contribution in [1.29, 1.82) is 0 Å². The van der Waals surface area contributed by atoms with E-state index in [1.54, 1.807) is 19.1 Å². The van der Waals surface area contributed by atoms with E-state index in [9.17, 15) is 9.90 Å². The minimum absolute atomic E-state index is 0.00302. The van der Waals surface area contributed by atoms with Crippen molar-refractivity contribution in [2.75, 3.05) is 6.61 Å². The highest BCUT2D eigenvalue weighted by atomic mass is 35.5. The second-order valence-electron chi connectivity index (χ2n) is 4.87. The third kappa shape index (κ3) is 3.74. The minimum atomic E-state index is -1.24. The molecule has 1 atom stereocenters. The van der Waals surface area contributed by atoms with Gasteiger partial charge in [0.25, 0.3) is 0 Å². The molecular formula is C16H15ClO4. The Labute approximate surface area is 127 Å². The molecule has 1 unspecified atom stereocenters. The van der Waals surface area contributed by atoms with E-state index in [4.69, 9.17) is 21.4 Å². The fourth-order valence-electron chi connectivity index (χ4n) is 1.89. The average molecular weight is 307 g/mol. The van der Waals surface area contributed by atoms with E-state index < -0.39 is 11.6 Å². The summed E-state index contributed by atoms with van der Waals surface area (Å²) < 4.78 is 5.48. The van der Waals surface area contributed by atoms with Crippen molar-refractivity contribution >= 4 is 17.6 Å². The van der Waals surface area contributed by atoms with E-state index in [1.807, 2.05) is 18.2 Å². The molecule has 0 fully saturated rings. The number of benzene rings is 2. The van der Waals surface area contributed by atoms with Crippen LogP contribution >= 0.6 is 11.6 Å². The zero-order valence-corrected chi connectivity index (χ0v) is 12.2. The Hall–Kier alpha value is -2.04. The summed E-state index contributed by atoms with van der Waals surface area (Å²) in [7, 11) is 0. The maximum Gasteiger partial charge on any atom is 0.339 e. The Morgan fingerprint density at radius 2 is 1.90 bits per heavy atom. The highest BCUT2D eigenvalue weighted by molar-refractivity contribution is 6.30. The lowest BCUT2D eigenvalue weighted by molar-refractivity contribution is 0.00702. The number of hydrogen-bond acceptors (Lipinski definition) is 3. The first kappa shape index (κ1) is 15.4. The molecule has 0 radical (unpaired) electrons. The van der Waals surface area contributed by atoms with Crippen LogP contribution in [0.5, 0.6) is 5.75 Å². The van der Waals surface area contributed by atoms with Gasteiger partial charge in [-0.1, -0.05) is 41.9 Å². The third-order valence-corrected chi connectivity index (χ3v) is 3.31. The minimum Gasteiger partial charge on any atom is -0.489 e. The summed E-state index contributed by atoms with van der Waals surface area (Å²) >= 11 is 5.85. The van der Waals surface area contributed by atoms with E-state index in [1.165, 1.54) is 18.2 Å². The first-order valence-electron chi connectivity index (χ1n) is 6.34. The highest BCUT2D eigenvalue weighted by Gasteiger charge is 2.25. The molecule has 0 heterocycles. The third-order valence-electron chi connectivity index (χ3n) is 3.08. The van der Waals surface area contributed by atoms with Gasteiger partial charge in [-0.15, -0.1) is 0 Å². The molecule has 2 aromatic carbocycles. The van der Waals surface area contributed by atoms with Crippen molar-refractivity contribution in [2.24, 2.45) is 0 Å². The summed E-state index contributed by atoms with van der Waals surface area (Å²) in [5, 5.41) is 19.9. The van der Waals surface area contributed by atoms with Gasteiger partial charge in [-0.2, -0.15) is 0 Å². The second kappa shape index (κ2) is 6.16. The Morgan fingerprint density at radius 3 is 2.52 bits per heavy atom. The maximum absolute atomic E-state index is 11.1. The van der Waals surface area contributed by atoms with E-state index in [-0.39, 0.29) is 17.9 Å². The average Bonchev–Trinajstić information content (AvgIpc) is 2.46. The summed E-state index contributed by atoms with van der Waals surface area (Å²) in [6.07, 6.45) is 0. The summed E-state index contributed by atoms with van der Waals surface area (Å²) in [4.78, 5) is 11.1. The van der Waals surface area contributed by atoms with E-state index in [2.05, 4.69) is 0 Å².